The second-order valence-electron chi connectivity index (χ2n) is 7.91. The number of ether oxygens (including phenoxy) is 5. The van der Waals surface area contributed by atoms with E-state index in [0.717, 1.165) is 18.1 Å². The quantitative estimate of drug-likeness (QED) is 0.281. The lowest BCUT2D eigenvalue weighted by atomic mass is 10.0. The summed E-state index contributed by atoms with van der Waals surface area (Å²) < 4.78 is 26.7. The Morgan fingerprint density at radius 2 is 1.30 bits per heavy atom. The first kappa shape index (κ1) is 25.0. The number of carbonyl (C=O) groups excluding carboxylic acids is 2. The third kappa shape index (κ3) is 11.2. The van der Waals surface area contributed by atoms with E-state index in [1.807, 2.05) is 0 Å². The molecule has 8 nitrogen and oxygen atoms in total. The fraction of sp³-hybridized carbons (Fsp3) is 0.909. The molecule has 0 heterocycles. The van der Waals surface area contributed by atoms with Gasteiger partial charge < -0.3 is 33.8 Å². The molecule has 2 aliphatic rings. The maximum Gasteiger partial charge on any atom is 0.407 e. The molecule has 2 aliphatic carbocycles. The molecule has 0 aromatic rings. The van der Waals surface area contributed by atoms with Gasteiger partial charge >= 0.3 is 6.09 Å². The zero-order chi connectivity index (χ0) is 21.3. The molecule has 0 aliphatic heterocycles. The molecule has 174 valence electrons. The van der Waals surface area contributed by atoms with Crippen LogP contribution in [0.3, 0.4) is 0 Å². The summed E-state index contributed by atoms with van der Waals surface area (Å²) in [7, 11) is 0. The van der Waals surface area contributed by atoms with Crippen molar-refractivity contribution in [1.82, 2.24) is 5.32 Å². The lowest BCUT2D eigenvalue weighted by Crippen LogP contribution is -2.29. The molecule has 0 aromatic heterocycles. The van der Waals surface area contributed by atoms with Gasteiger partial charge in [0.15, 0.2) is 0 Å². The van der Waals surface area contributed by atoms with Crippen molar-refractivity contribution in [2.24, 2.45) is 17.8 Å². The molecule has 8 heteroatoms. The Bertz CT molecular complexity index is 449. The molecule has 2 atom stereocenters. The van der Waals surface area contributed by atoms with Crippen molar-refractivity contribution < 1.29 is 33.3 Å². The maximum atomic E-state index is 11.8. The van der Waals surface area contributed by atoms with E-state index in [2.05, 4.69) is 5.32 Å². The molecule has 2 saturated carbocycles. The zero-order valence-corrected chi connectivity index (χ0v) is 18.2. The molecule has 2 fully saturated rings. The number of rotatable bonds is 17. The highest BCUT2D eigenvalue weighted by Gasteiger charge is 2.49. The number of carbonyl (C=O) groups is 2. The van der Waals surface area contributed by atoms with Crippen LogP contribution >= 0.6 is 0 Å². The normalized spacial score (nSPS) is 23.1. The highest BCUT2D eigenvalue weighted by molar-refractivity contribution is 5.67. The molecule has 0 bridgehead atoms. The van der Waals surface area contributed by atoms with Crippen LogP contribution in [0.25, 0.3) is 0 Å². The molecule has 0 radical (unpaired) electrons. The number of fused-ring (bicyclic) bond motifs is 1. The van der Waals surface area contributed by atoms with Gasteiger partial charge in [0.25, 0.3) is 0 Å². The molecule has 30 heavy (non-hydrogen) atoms. The van der Waals surface area contributed by atoms with Crippen LogP contribution in [0, 0.1) is 17.8 Å². The monoisotopic (exact) mass is 429 g/mol. The topological polar surface area (TPSA) is 92.3 Å². The minimum absolute atomic E-state index is 0.346. The van der Waals surface area contributed by atoms with Crippen molar-refractivity contribution >= 4 is 12.4 Å². The summed E-state index contributed by atoms with van der Waals surface area (Å²) in [6.45, 7) is 4.77. The Hall–Kier alpha value is -1.22. The first-order valence-electron chi connectivity index (χ1n) is 11.5. The SMILES string of the molecule is O=CCCOCCOCCOCCOCCNC(=O)OCC1C2CCCCCCC21. The first-order valence-corrected chi connectivity index (χ1v) is 11.5. The van der Waals surface area contributed by atoms with Crippen LogP contribution in [0.2, 0.25) is 0 Å². The Morgan fingerprint density at radius 3 is 1.87 bits per heavy atom. The lowest BCUT2D eigenvalue weighted by Gasteiger charge is -2.08. The number of hydrogen-bond donors (Lipinski definition) is 1. The van der Waals surface area contributed by atoms with E-state index in [0.29, 0.717) is 78.3 Å². The van der Waals surface area contributed by atoms with Crippen molar-refractivity contribution in [2.75, 3.05) is 66.0 Å². The molecule has 0 spiro atoms. The summed E-state index contributed by atoms with van der Waals surface area (Å²) >= 11 is 0. The molecule has 0 saturated heterocycles. The average molecular weight is 430 g/mol. The van der Waals surface area contributed by atoms with E-state index in [1.165, 1.54) is 38.5 Å². The molecule has 2 unspecified atom stereocenters. The van der Waals surface area contributed by atoms with E-state index in [9.17, 15) is 9.59 Å². The molecule has 1 amide bonds. The third-order valence-electron chi connectivity index (χ3n) is 5.75. The van der Waals surface area contributed by atoms with Crippen molar-refractivity contribution in [3.8, 4) is 0 Å². The van der Waals surface area contributed by atoms with Crippen LogP contribution in [0.5, 0.6) is 0 Å². The van der Waals surface area contributed by atoms with Gasteiger partial charge in [0.1, 0.15) is 6.29 Å². The standard InChI is InChI=1S/C22H39NO7/c24-9-5-10-26-12-14-28-16-17-29-15-13-27-11-8-23-22(25)30-18-21-19-6-3-1-2-4-7-20(19)21/h9,19-21H,1-8,10-18H2,(H,23,25). The van der Waals surface area contributed by atoms with Crippen molar-refractivity contribution in [1.29, 1.82) is 0 Å². The number of nitrogens with one attached hydrogen (secondary N) is 1. The van der Waals surface area contributed by atoms with E-state index < -0.39 is 0 Å². The molecular weight excluding hydrogens is 390 g/mol. The van der Waals surface area contributed by atoms with Gasteiger partial charge in [-0.15, -0.1) is 0 Å². The van der Waals surface area contributed by atoms with Gasteiger partial charge in [-0.3, -0.25) is 0 Å². The highest BCUT2D eigenvalue weighted by Crippen LogP contribution is 2.53. The van der Waals surface area contributed by atoms with Gasteiger partial charge in [-0.05, 0) is 30.6 Å². The Balaban J connectivity index is 1.29. The van der Waals surface area contributed by atoms with Crippen LogP contribution in [0.4, 0.5) is 4.79 Å². The molecule has 1 N–H and O–H groups in total. The van der Waals surface area contributed by atoms with Gasteiger partial charge in [0.05, 0.1) is 59.5 Å². The lowest BCUT2D eigenvalue weighted by molar-refractivity contribution is -0.108. The highest BCUT2D eigenvalue weighted by atomic mass is 16.6. The van der Waals surface area contributed by atoms with E-state index in [1.54, 1.807) is 0 Å². The Morgan fingerprint density at radius 1 is 0.767 bits per heavy atom. The van der Waals surface area contributed by atoms with Crippen molar-refractivity contribution in [3.63, 3.8) is 0 Å². The Labute approximate surface area is 180 Å². The number of aldehydes is 1. The largest absolute Gasteiger partial charge is 0.449 e. The summed E-state index contributed by atoms with van der Waals surface area (Å²) in [5.41, 5.74) is 0. The predicted molar refractivity (Wildman–Crippen MR) is 111 cm³/mol. The van der Waals surface area contributed by atoms with Gasteiger partial charge in [0.2, 0.25) is 0 Å². The predicted octanol–water partition coefficient (Wildman–Crippen LogP) is 2.58. The fourth-order valence-corrected chi connectivity index (χ4v) is 4.08. The van der Waals surface area contributed by atoms with Gasteiger partial charge in [0, 0.05) is 13.0 Å². The van der Waals surface area contributed by atoms with Crippen LogP contribution in [0.1, 0.15) is 44.9 Å². The summed E-state index contributed by atoms with van der Waals surface area (Å²) in [5, 5.41) is 2.74. The van der Waals surface area contributed by atoms with Crippen LogP contribution < -0.4 is 5.32 Å². The van der Waals surface area contributed by atoms with Gasteiger partial charge in [-0.25, -0.2) is 4.79 Å². The number of hydrogen-bond acceptors (Lipinski definition) is 7. The summed E-state index contributed by atoms with van der Waals surface area (Å²) in [4.78, 5) is 21.9. The molecular formula is C22H39NO7. The maximum absolute atomic E-state index is 11.8. The number of amides is 1. The summed E-state index contributed by atoms with van der Waals surface area (Å²) in [6, 6.07) is 0. The van der Waals surface area contributed by atoms with Gasteiger partial charge in [-0.2, -0.15) is 0 Å². The summed E-state index contributed by atoms with van der Waals surface area (Å²) in [6.07, 6.45) is 8.89. The average Bonchev–Trinajstić information content (AvgIpc) is 3.38. The fourth-order valence-electron chi connectivity index (χ4n) is 4.08. The third-order valence-corrected chi connectivity index (χ3v) is 5.75. The van der Waals surface area contributed by atoms with E-state index >= 15 is 0 Å². The van der Waals surface area contributed by atoms with E-state index in [-0.39, 0.29) is 6.09 Å². The van der Waals surface area contributed by atoms with Crippen LogP contribution in [0.15, 0.2) is 0 Å². The number of alkyl carbamates (subject to hydrolysis) is 1. The second kappa shape index (κ2) is 16.5. The van der Waals surface area contributed by atoms with E-state index in [4.69, 9.17) is 23.7 Å². The first-order chi connectivity index (χ1) is 14.8. The second-order valence-corrected chi connectivity index (χ2v) is 7.91. The zero-order valence-electron chi connectivity index (χ0n) is 18.2. The van der Waals surface area contributed by atoms with Crippen LogP contribution in [-0.2, 0) is 28.5 Å². The van der Waals surface area contributed by atoms with Crippen LogP contribution in [-0.4, -0.2) is 78.4 Å². The van der Waals surface area contributed by atoms with Crippen molar-refractivity contribution in [3.05, 3.63) is 0 Å². The Kier molecular flexibility index (Phi) is 13.7. The smallest absolute Gasteiger partial charge is 0.407 e. The van der Waals surface area contributed by atoms with Gasteiger partial charge in [-0.1, -0.05) is 25.7 Å². The van der Waals surface area contributed by atoms with Crippen molar-refractivity contribution in [2.45, 2.75) is 44.9 Å². The molecule has 0 aromatic carbocycles. The summed E-state index contributed by atoms with van der Waals surface area (Å²) in [5.74, 6) is 2.16. The minimum Gasteiger partial charge on any atom is -0.449 e. The minimum atomic E-state index is -0.346. The molecule has 2 rings (SSSR count).